The molecule has 0 saturated carbocycles. The van der Waals surface area contributed by atoms with Crippen molar-refractivity contribution in [1.82, 2.24) is 0 Å². The molecule has 1 rings (SSSR count). The number of rotatable bonds is 1. The molecule has 0 aromatic heterocycles. The van der Waals surface area contributed by atoms with E-state index in [9.17, 15) is 13.2 Å². The minimum atomic E-state index is -4.40. The van der Waals surface area contributed by atoms with Gasteiger partial charge in [0.25, 0.3) is 0 Å². The maximum Gasteiger partial charge on any atom is 0.416 e. The Kier molecular flexibility index (Phi) is 3.38. The zero-order valence-electron chi connectivity index (χ0n) is 7.35. The first-order chi connectivity index (χ1) is 6.95. The zero-order valence-corrected chi connectivity index (χ0v) is 8.10. The van der Waals surface area contributed by atoms with Gasteiger partial charge in [-0.15, -0.1) is 0 Å². The molecule has 0 aliphatic rings. The number of benzene rings is 1. The molecule has 0 heterocycles. The highest BCUT2D eigenvalue weighted by Crippen LogP contribution is 2.32. The van der Waals surface area contributed by atoms with E-state index < -0.39 is 11.7 Å². The standard InChI is InChI=1S/C10H5ClF3N/c11-9-4-3-8(10(12,13)14)6-7(9)2-1-5-15/h1-4,6H. The first-order valence-electron chi connectivity index (χ1n) is 3.88. The number of nitrogens with zero attached hydrogens (tertiary/aromatic N) is 1. The first-order valence-corrected chi connectivity index (χ1v) is 4.26. The summed E-state index contributed by atoms with van der Waals surface area (Å²) in [5, 5.41) is 8.42. The summed E-state index contributed by atoms with van der Waals surface area (Å²) in [5.41, 5.74) is -0.613. The van der Waals surface area contributed by atoms with Gasteiger partial charge in [0.15, 0.2) is 0 Å². The highest BCUT2D eigenvalue weighted by Gasteiger charge is 2.30. The van der Waals surface area contributed by atoms with Gasteiger partial charge in [-0.25, -0.2) is 0 Å². The fraction of sp³-hybridized carbons (Fsp3) is 0.100. The molecule has 0 aliphatic carbocycles. The molecule has 78 valence electrons. The Labute approximate surface area is 89.4 Å². The summed E-state index contributed by atoms with van der Waals surface area (Å²) < 4.78 is 36.9. The molecule has 0 N–H and O–H groups in total. The van der Waals surface area contributed by atoms with Crippen molar-refractivity contribution in [3.63, 3.8) is 0 Å². The third-order valence-corrected chi connectivity index (χ3v) is 2.00. The largest absolute Gasteiger partial charge is 0.416 e. The number of hydrogen-bond acceptors (Lipinski definition) is 1. The molecule has 0 amide bonds. The van der Waals surface area contributed by atoms with Gasteiger partial charge in [-0.1, -0.05) is 11.6 Å². The van der Waals surface area contributed by atoms with Crippen LogP contribution in [-0.4, -0.2) is 0 Å². The second-order valence-corrected chi connectivity index (χ2v) is 3.10. The predicted octanol–water partition coefficient (Wildman–Crippen LogP) is 3.90. The van der Waals surface area contributed by atoms with Crippen molar-refractivity contribution in [2.24, 2.45) is 0 Å². The molecular weight excluding hydrogens is 227 g/mol. The lowest BCUT2D eigenvalue weighted by Crippen LogP contribution is -2.04. The number of hydrogen-bond donors (Lipinski definition) is 0. The topological polar surface area (TPSA) is 23.8 Å². The molecule has 0 aliphatic heterocycles. The highest BCUT2D eigenvalue weighted by molar-refractivity contribution is 6.32. The summed E-state index contributed by atoms with van der Waals surface area (Å²) in [6, 6.07) is 4.63. The van der Waals surface area contributed by atoms with Crippen molar-refractivity contribution < 1.29 is 13.2 Å². The Bertz CT molecular complexity index is 429. The molecule has 0 atom stereocenters. The van der Waals surface area contributed by atoms with Gasteiger partial charge < -0.3 is 0 Å². The number of allylic oxidation sites excluding steroid dienone is 1. The quantitative estimate of drug-likeness (QED) is 0.673. The fourth-order valence-electron chi connectivity index (χ4n) is 0.975. The molecule has 1 aromatic rings. The fourth-order valence-corrected chi connectivity index (χ4v) is 1.16. The van der Waals surface area contributed by atoms with Crippen LogP contribution in [0.25, 0.3) is 6.08 Å². The van der Waals surface area contributed by atoms with Crippen LogP contribution in [-0.2, 0) is 6.18 Å². The third-order valence-electron chi connectivity index (χ3n) is 1.66. The summed E-state index contributed by atoms with van der Waals surface area (Å²) in [7, 11) is 0. The molecule has 0 fully saturated rings. The first kappa shape index (κ1) is 11.6. The SMILES string of the molecule is N#CC=Cc1cc(C(F)(F)F)ccc1Cl. The van der Waals surface area contributed by atoms with Gasteiger partial charge in [0.2, 0.25) is 0 Å². The van der Waals surface area contributed by atoms with E-state index in [1.54, 1.807) is 6.07 Å². The van der Waals surface area contributed by atoms with Gasteiger partial charge in [0, 0.05) is 11.1 Å². The lowest BCUT2D eigenvalue weighted by atomic mass is 10.1. The minimum absolute atomic E-state index is 0.174. The van der Waals surface area contributed by atoms with Crippen molar-refractivity contribution >= 4 is 17.7 Å². The van der Waals surface area contributed by atoms with E-state index >= 15 is 0 Å². The molecule has 0 bridgehead atoms. The minimum Gasteiger partial charge on any atom is -0.193 e. The van der Waals surface area contributed by atoms with Gasteiger partial charge in [0.1, 0.15) is 0 Å². The summed E-state index contributed by atoms with van der Waals surface area (Å²) in [6.07, 6.45) is -2.10. The van der Waals surface area contributed by atoms with E-state index in [4.69, 9.17) is 16.9 Å². The van der Waals surface area contributed by atoms with Crippen LogP contribution in [0.3, 0.4) is 0 Å². The second kappa shape index (κ2) is 4.37. The number of halogens is 4. The smallest absolute Gasteiger partial charge is 0.193 e. The maximum absolute atomic E-state index is 12.3. The second-order valence-electron chi connectivity index (χ2n) is 2.70. The molecule has 15 heavy (non-hydrogen) atoms. The predicted molar refractivity (Wildman–Crippen MR) is 51.1 cm³/mol. The van der Waals surface area contributed by atoms with E-state index in [1.807, 2.05) is 0 Å². The monoisotopic (exact) mass is 231 g/mol. The molecular formula is C10H5ClF3N. The van der Waals surface area contributed by atoms with Gasteiger partial charge in [-0.2, -0.15) is 18.4 Å². The molecule has 0 radical (unpaired) electrons. The molecule has 1 nitrogen and oxygen atoms in total. The Morgan fingerprint density at radius 3 is 2.53 bits per heavy atom. The van der Waals surface area contributed by atoms with Crippen LogP contribution in [0.4, 0.5) is 13.2 Å². The van der Waals surface area contributed by atoms with Crippen LogP contribution in [0.15, 0.2) is 24.3 Å². The van der Waals surface area contributed by atoms with Gasteiger partial charge >= 0.3 is 6.18 Å². The summed E-state index contributed by atoms with van der Waals surface area (Å²) in [5.74, 6) is 0. The van der Waals surface area contributed by atoms with Crippen LogP contribution >= 0.6 is 11.6 Å². The summed E-state index contributed by atoms with van der Waals surface area (Å²) in [6.45, 7) is 0. The van der Waals surface area contributed by atoms with Crippen molar-refractivity contribution in [2.75, 3.05) is 0 Å². The van der Waals surface area contributed by atoms with Crippen molar-refractivity contribution in [3.8, 4) is 6.07 Å². The Balaban J connectivity index is 3.18. The van der Waals surface area contributed by atoms with Crippen LogP contribution in [0.2, 0.25) is 5.02 Å². The van der Waals surface area contributed by atoms with E-state index in [2.05, 4.69) is 0 Å². The Morgan fingerprint density at radius 2 is 2.00 bits per heavy atom. The lowest BCUT2D eigenvalue weighted by Gasteiger charge is -2.07. The molecule has 1 aromatic carbocycles. The number of alkyl halides is 3. The summed E-state index contributed by atoms with van der Waals surface area (Å²) in [4.78, 5) is 0. The Morgan fingerprint density at radius 1 is 1.33 bits per heavy atom. The molecule has 0 spiro atoms. The van der Waals surface area contributed by atoms with Gasteiger partial charge in [0.05, 0.1) is 11.6 Å². The van der Waals surface area contributed by atoms with Crippen LogP contribution < -0.4 is 0 Å². The molecule has 5 heteroatoms. The molecule has 0 unspecified atom stereocenters. The zero-order chi connectivity index (χ0) is 11.5. The van der Waals surface area contributed by atoms with Crippen LogP contribution in [0.5, 0.6) is 0 Å². The van der Waals surface area contributed by atoms with Crippen molar-refractivity contribution in [2.45, 2.75) is 6.18 Å². The van der Waals surface area contributed by atoms with E-state index in [-0.39, 0.29) is 10.6 Å². The van der Waals surface area contributed by atoms with E-state index in [0.717, 1.165) is 24.3 Å². The Hall–Kier alpha value is -1.47. The summed E-state index contributed by atoms with van der Waals surface area (Å²) >= 11 is 5.65. The average molecular weight is 232 g/mol. The van der Waals surface area contributed by atoms with Crippen molar-refractivity contribution in [1.29, 1.82) is 5.26 Å². The van der Waals surface area contributed by atoms with Gasteiger partial charge in [-0.3, -0.25) is 0 Å². The average Bonchev–Trinajstić information content (AvgIpc) is 2.15. The van der Waals surface area contributed by atoms with E-state index in [0.29, 0.717) is 0 Å². The number of nitriles is 1. The van der Waals surface area contributed by atoms with Gasteiger partial charge in [-0.05, 0) is 29.8 Å². The maximum atomic E-state index is 12.3. The van der Waals surface area contributed by atoms with E-state index in [1.165, 1.54) is 6.08 Å². The van der Waals surface area contributed by atoms with Crippen molar-refractivity contribution in [3.05, 3.63) is 40.4 Å². The third kappa shape index (κ3) is 3.00. The van der Waals surface area contributed by atoms with Crippen LogP contribution in [0, 0.1) is 11.3 Å². The lowest BCUT2D eigenvalue weighted by molar-refractivity contribution is -0.137. The normalized spacial score (nSPS) is 11.7. The highest BCUT2D eigenvalue weighted by atomic mass is 35.5. The van der Waals surface area contributed by atoms with Crippen LogP contribution in [0.1, 0.15) is 11.1 Å². The molecule has 0 saturated heterocycles.